The van der Waals surface area contributed by atoms with Gasteiger partial charge in [0.25, 0.3) is 0 Å². The summed E-state index contributed by atoms with van der Waals surface area (Å²) < 4.78 is 0. The maximum atomic E-state index is 2.40. The summed E-state index contributed by atoms with van der Waals surface area (Å²) in [4.78, 5) is 0. The van der Waals surface area contributed by atoms with Crippen molar-refractivity contribution in [3.8, 4) is 0 Å². The lowest BCUT2D eigenvalue weighted by Crippen LogP contribution is -2.30. The van der Waals surface area contributed by atoms with Gasteiger partial charge in [-0.1, -0.05) is 65.2 Å². The Morgan fingerprint density at radius 1 is 0.565 bits per heavy atom. The Hall–Kier alpha value is 0. The molecule has 2 unspecified atom stereocenters. The van der Waals surface area contributed by atoms with Crippen molar-refractivity contribution in [3.63, 3.8) is 0 Å². The summed E-state index contributed by atoms with van der Waals surface area (Å²) in [5, 5.41) is 0. The molecule has 0 saturated heterocycles. The fourth-order valence-electron chi connectivity index (χ4n) is 6.59. The lowest BCUT2D eigenvalue weighted by Gasteiger charge is -2.41. The summed E-state index contributed by atoms with van der Waals surface area (Å²) in [6, 6.07) is 0. The Kier molecular flexibility index (Phi) is 6.90. The van der Waals surface area contributed by atoms with Crippen LogP contribution in [0.3, 0.4) is 0 Å². The summed E-state index contributed by atoms with van der Waals surface area (Å²) in [5.74, 6) is 6.59. The van der Waals surface area contributed by atoms with Crippen LogP contribution in [0.15, 0.2) is 0 Å². The monoisotopic (exact) mass is 318 g/mol. The van der Waals surface area contributed by atoms with Gasteiger partial charge in [0, 0.05) is 0 Å². The van der Waals surface area contributed by atoms with Crippen LogP contribution in [0.25, 0.3) is 0 Å². The van der Waals surface area contributed by atoms with E-state index in [2.05, 4.69) is 13.8 Å². The van der Waals surface area contributed by atoms with Gasteiger partial charge in [0.05, 0.1) is 0 Å². The second-order valence-electron chi connectivity index (χ2n) is 9.45. The molecule has 2 atom stereocenters. The smallest absolute Gasteiger partial charge is 0.0383 e. The molecule has 0 heteroatoms. The highest BCUT2D eigenvalue weighted by Gasteiger charge is 2.34. The zero-order valence-electron chi connectivity index (χ0n) is 16.1. The van der Waals surface area contributed by atoms with Gasteiger partial charge in [0.1, 0.15) is 0 Å². The molecule has 23 heavy (non-hydrogen) atoms. The Balaban J connectivity index is 1.41. The van der Waals surface area contributed by atoms with Crippen molar-refractivity contribution in [1.29, 1.82) is 0 Å². The predicted octanol–water partition coefficient (Wildman–Crippen LogP) is 7.62. The topological polar surface area (TPSA) is 0 Å². The molecular weight excluding hydrogens is 276 g/mol. The van der Waals surface area contributed by atoms with Gasteiger partial charge in [-0.25, -0.2) is 0 Å². The summed E-state index contributed by atoms with van der Waals surface area (Å²) in [6.45, 7) is 4.77. The molecule has 3 rings (SSSR count). The number of hydrogen-bond acceptors (Lipinski definition) is 0. The van der Waals surface area contributed by atoms with Crippen molar-refractivity contribution in [1.82, 2.24) is 0 Å². The normalized spacial score (nSPS) is 42.5. The minimum Gasteiger partial charge on any atom is -0.0654 e. The van der Waals surface area contributed by atoms with Gasteiger partial charge in [-0.2, -0.15) is 0 Å². The Morgan fingerprint density at radius 3 is 1.70 bits per heavy atom. The molecular formula is C23H42. The third-order valence-electron chi connectivity index (χ3n) is 8.14. The van der Waals surface area contributed by atoms with Crippen molar-refractivity contribution in [2.75, 3.05) is 0 Å². The van der Waals surface area contributed by atoms with E-state index >= 15 is 0 Å². The molecule has 0 N–H and O–H groups in total. The number of hydrogen-bond donors (Lipinski definition) is 0. The zero-order chi connectivity index (χ0) is 16.1. The molecule has 0 radical (unpaired) electrons. The second-order valence-corrected chi connectivity index (χ2v) is 9.45. The van der Waals surface area contributed by atoms with Crippen LogP contribution in [0.4, 0.5) is 0 Å². The predicted molar refractivity (Wildman–Crippen MR) is 102 cm³/mol. The molecule has 0 bridgehead atoms. The van der Waals surface area contributed by atoms with Crippen LogP contribution < -0.4 is 0 Å². The average Bonchev–Trinajstić information content (AvgIpc) is 2.62. The molecule has 3 aliphatic carbocycles. The van der Waals surface area contributed by atoms with Crippen molar-refractivity contribution >= 4 is 0 Å². The molecule has 0 aromatic rings. The highest BCUT2D eigenvalue weighted by molar-refractivity contribution is 4.86. The van der Waals surface area contributed by atoms with Gasteiger partial charge in [-0.15, -0.1) is 0 Å². The quantitative estimate of drug-likeness (QED) is 0.489. The maximum absolute atomic E-state index is 2.40. The number of rotatable bonds is 5. The first-order valence-corrected chi connectivity index (χ1v) is 11.3. The van der Waals surface area contributed by atoms with Gasteiger partial charge < -0.3 is 0 Å². The molecule has 0 spiro atoms. The Bertz CT molecular complexity index is 315. The highest BCUT2D eigenvalue weighted by atomic mass is 14.4. The Morgan fingerprint density at radius 2 is 1.13 bits per heavy atom. The van der Waals surface area contributed by atoms with Crippen LogP contribution >= 0.6 is 0 Å². The molecule has 0 amide bonds. The van der Waals surface area contributed by atoms with E-state index in [0.29, 0.717) is 0 Å². The molecule has 0 aromatic heterocycles. The van der Waals surface area contributed by atoms with E-state index in [0.717, 1.165) is 35.5 Å². The first-order valence-electron chi connectivity index (χ1n) is 11.3. The third-order valence-corrected chi connectivity index (χ3v) is 8.14. The van der Waals surface area contributed by atoms with Gasteiger partial charge in [-0.3, -0.25) is 0 Å². The van der Waals surface area contributed by atoms with E-state index in [1.807, 2.05) is 0 Å². The highest BCUT2D eigenvalue weighted by Crippen LogP contribution is 2.46. The third kappa shape index (κ3) is 4.76. The van der Waals surface area contributed by atoms with E-state index in [1.165, 1.54) is 25.7 Å². The van der Waals surface area contributed by atoms with Crippen LogP contribution in [0.2, 0.25) is 0 Å². The van der Waals surface area contributed by atoms with Crippen molar-refractivity contribution in [3.05, 3.63) is 0 Å². The molecule has 3 aliphatic rings. The van der Waals surface area contributed by atoms with Gasteiger partial charge >= 0.3 is 0 Å². The minimum absolute atomic E-state index is 1.07. The van der Waals surface area contributed by atoms with Gasteiger partial charge in [-0.05, 0) is 80.5 Å². The van der Waals surface area contributed by atoms with Crippen LogP contribution in [0, 0.1) is 35.5 Å². The molecule has 3 saturated carbocycles. The van der Waals surface area contributed by atoms with Crippen LogP contribution in [-0.4, -0.2) is 0 Å². The summed E-state index contributed by atoms with van der Waals surface area (Å²) in [6.07, 6.45) is 23.1. The fraction of sp³-hybridized carbons (Fsp3) is 1.00. The minimum atomic E-state index is 1.07. The van der Waals surface area contributed by atoms with E-state index < -0.39 is 0 Å². The van der Waals surface area contributed by atoms with Gasteiger partial charge in [0.15, 0.2) is 0 Å². The molecule has 0 nitrogen and oxygen atoms in total. The second kappa shape index (κ2) is 8.91. The lowest BCUT2D eigenvalue weighted by atomic mass is 9.64. The first-order chi connectivity index (χ1) is 11.3. The summed E-state index contributed by atoms with van der Waals surface area (Å²) >= 11 is 0. The van der Waals surface area contributed by atoms with Crippen molar-refractivity contribution in [2.45, 2.75) is 110 Å². The average molecular weight is 319 g/mol. The molecule has 134 valence electrons. The van der Waals surface area contributed by atoms with E-state index in [-0.39, 0.29) is 0 Å². The fourth-order valence-corrected chi connectivity index (χ4v) is 6.59. The summed E-state index contributed by atoms with van der Waals surface area (Å²) in [7, 11) is 0. The standard InChI is InChI=1S/C23H42/c1-3-6-19-7-5-8-23(17-19)22-15-13-21(14-16-22)20-11-9-18(4-2)10-12-20/h18-23H,3-17H2,1-2H3. The lowest BCUT2D eigenvalue weighted by molar-refractivity contribution is 0.0991. The van der Waals surface area contributed by atoms with E-state index in [4.69, 9.17) is 0 Å². The van der Waals surface area contributed by atoms with E-state index in [9.17, 15) is 0 Å². The SMILES string of the molecule is CCCC1CCCC(C2CCC(C3CCC(CC)CC3)CC2)C1. The molecule has 0 aromatic carbocycles. The zero-order valence-corrected chi connectivity index (χ0v) is 16.1. The summed E-state index contributed by atoms with van der Waals surface area (Å²) in [5.41, 5.74) is 0. The van der Waals surface area contributed by atoms with Crippen LogP contribution in [-0.2, 0) is 0 Å². The van der Waals surface area contributed by atoms with Gasteiger partial charge in [0.2, 0.25) is 0 Å². The largest absolute Gasteiger partial charge is 0.0654 e. The molecule has 0 aliphatic heterocycles. The van der Waals surface area contributed by atoms with E-state index in [1.54, 1.807) is 70.6 Å². The Labute approximate surface area is 146 Å². The molecule has 3 fully saturated rings. The van der Waals surface area contributed by atoms with Crippen LogP contribution in [0.1, 0.15) is 110 Å². The first kappa shape index (κ1) is 17.8. The van der Waals surface area contributed by atoms with Crippen molar-refractivity contribution in [2.24, 2.45) is 35.5 Å². The molecule has 0 heterocycles. The maximum Gasteiger partial charge on any atom is -0.0383 e. The van der Waals surface area contributed by atoms with Crippen molar-refractivity contribution < 1.29 is 0 Å². The van der Waals surface area contributed by atoms with Crippen LogP contribution in [0.5, 0.6) is 0 Å².